The summed E-state index contributed by atoms with van der Waals surface area (Å²) in [5, 5.41) is 10.2. The molecule has 0 spiro atoms. The van der Waals surface area contributed by atoms with Gasteiger partial charge in [0.1, 0.15) is 4.90 Å². The molecule has 9 nitrogen and oxygen atoms in total. The molecule has 0 saturated carbocycles. The number of anilines is 1. The van der Waals surface area contributed by atoms with Crippen LogP contribution in [-0.2, 0) is 34.3 Å². The number of halogens is 4. The normalized spacial score (nSPS) is 14.9. The number of hydrogen-bond donors (Lipinski definition) is 2. The molecule has 188 valence electrons. The second-order valence-electron chi connectivity index (χ2n) is 7.30. The minimum absolute atomic E-state index is 0.159. The minimum atomic E-state index is -5.38. The van der Waals surface area contributed by atoms with Crippen LogP contribution in [0.2, 0.25) is 5.02 Å². The summed E-state index contributed by atoms with van der Waals surface area (Å²) in [5.74, 6) is -1.99. The van der Waals surface area contributed by atoms with E-state index in [4.69, 9.17) is 11.6 Å². The van der Waals surface area contributed by atoms with Gasteiger partial charge in [-0.25, -0.2) is 25.3 Å². The van der Waals surface area contributed by atoms with Gasteiger partial charge in [0.2, 0.25) is 15.4 Å². The van der Waals surface area contributed by atoms with Crippen molar-refractivity contribution in [2.24, 2.45) is 0 Å². The summed E-state index contributed by atoms with van der Waals surface area (Å²) in [4.78, 5) is 9.36. The van der Waals surface area contributed by atoms with Gasteiger partial charge in [-0.2, -0.15) is 13.2 Å². The molecule has 0 aliphatic carbocycles. The van der Waals surface area contributed by atoms with Crippen molar-refractivity contribution in [3.63, 3.8) is 0 Å². The zero-order valence-corrected chi connectivity index (χ0v) is 20.7. The second-order valence-corrected chi connectivity index (χ2v) is 13.6. The fourth-order valence-electron chi connectivity index (χ4n) is 2.56. The number of sulfone groups is 3. The number of rotatable bonds is 6. The quantitative estimate of drug-likeness (QED) is 0.543. The lowest BCUT2D eigenvalue weighted by Crippen LogP contribution is -2.52. The van der Waals surface area contributed by atoms with Crippen molar-refractivity contribution in [1.29, 1.82) is 0 Å². The van der Waals surface area contributed by atoms with E-state index >= 15 is 0 Å². The van der Waals surface area contributed by atoms with Crippen molar-refractivity contribution >= 4 is 52.7 Å². The highest BCUT2D eigenvalue weighted by molar-refractivity contribution is 7.94. The zero-order valence-electron chi connectivity index (χ0n) is 17.5. The highest BCUT2D eigenvalue weighted by atomic mass is 35.5. The first-order chi connectivity index (χ1) is 15.1. The van der Waals surface area contributed by atoms with E-state index < -0.39 is 72.6 Å². The highest BCUT2D eigenvalue weighted by Gasteiger charge is 2.56. The Kier molecular flexibility index (Phi) is 7.24. The van der Waals surface area contributed by atoms with E-state index in [0.717, 1.165) is 36.6 Å². The summed E-state index contributed by atoms with van der Waals surface area (Å²) < 4.78 is 113. The Morgan fingerprint density at radius 1 is 0.882 bits per heavy atom. The average Bonchev–Trinajstić information content (AvgIpc) is 2.66. The van der Waals surface area contributed by atoms with E-state index in [9.17, 15) is 48.3 Å². The number of aliphatic hydroxyl groups is 1. The summed E-state index contributed by atoms with van der Waals surface area (Å²) in [5.41, 5.74) is -4.57. The summed E-state index contributed by atoms with van der Waals surface area (Å²) >= 11 is 5.99. The van der Waals surface area contributed by atoms with Gasteiger partial charge in [-0.15, -0.1) is 0 Å². The van der Waals surface area contributed by atoms with Gasteiger partial charge in [0.25, 0.3) is 5.91 Å². The Morgan fingerprint density at radius 3 is 1.76 bits per heavy atom. The van der Waals surface area contributed by atoms with Gasteiger partial charge in [0.15, 0.2) is 19.7 Å². The predicted molar refractivity (Wildman–Crippen MR) is 115 cm³/mol. The minimum Gasteiger partial charge on any atom is -0.373 e. The van der Waals surface area contributed by atoms with Gasteiger partial charge in [0, 0.05) is 12.5 Å². The highest BCUT2D eigenvalue weighted by Crippen LogP contribution is 2.38. The smallest absolute Gasteiger partial charge is 0.373 e. The maximum atomic E-state index is 13.1. The lowest BCUT2D eigenvalue weighted by Gasteiger charge is -2.25. The van der Waals surface area contributed by atoms with Crippen molar-refractivity contribution in [2.45, 2.75) is 38.3 Å². The molecule has 2 rings (SSSR count). The van der Waals surface area contributed by atoms with Crippen molar-refractivity contribution in [1.82, 2.24) is 0 Å². The van der Waals surface area contributed by atoms with Gasteiger partial charge in [-0.3, -0.25) is 4.79 Å². The van der Waals surface area contributed by atoms with Crippen LogP contribution in [0, 0.1) is 0 Å². The number of nitrogens with one attached hydrogen (secondary N) is 1. The largest absolute Gasteiger partial charge is 0.426 e. The summed E-state index contributed by atoms with van der Waals surface area (Å²) in [7, 11) is -12.7. The fraction of sp³-hybridized carbons (Fsp3) is 0.278. The maximum absolute atomic E-state index is 13.1. The molecule has 0 radical (unpaired) electrons. The van der Waals surface area contributed by atoms with Gasteiger partial charge in [0.05, 0.1) is 25.4 Å². The van der Waals surface area contributed by atoms with Crippen LogP contribution in [0.25, 0.3) is 0 Å². The van der Waals surface area contributed by atoms with Crippen LogP contribution in [0.3, 0.4) is 0 Å². The third-order valence-corrected chi connectivity index (χ3v) is 9.27. The molecule has 0 heterocycles. The first-order valence-corrected chi connectivity index (χ1v) is 14.4. The topological polar surface area (TPSA) is 152 Å². The molecular weight excluding hydrogens is 547 g/mol. The molecule has 1 unspecified atom stereocenters. The molecule has 16 heteroatoms. The Labute approximate surface area is 198 Å². The van der Waals surface area contributed by atoms with E-state index in [1.165, 1.54) is 0 Å². The van der Waals surface area contributed by atoms with E-state index in [-0.39, 0.29) is 11.8 Å². The predicted octanol–water partition coefficient (Wildman–Crippen LogP) is 2.23. The molecule has 2 aromatic carbocycles. The Bertz CT molecular complexity index is 1470. The summed E-state index contributed by atoms with van der Waals surface area (Å²) in [6.07, 6.45) is -3.91. The number of alkyl halides is 3. The molecule has 0 aliphatic heterocycles. The SMILES string of the molecule is CC(O)(C(=O)Nc1ccc(S(=O)(=O)c2ccc(S(C)(=O)=O)cc2)c(S(C)(=O)=O)c1Cl)C(F)(F)F. The summed E-state index contributed by atoms with van der Waals surface area (Å²) in [6, 6.07) is 5.25. The van der Waals surface area contributed by atoms with Gasteiger partial charge < -0.3 is 10.4 Å². The van der Waals surface area contributed by atoms with E-state index in [1.54, 1.807) is 5.32 Å². The van der Waals surface area contributed by atoms with Crippen LogP contribution >= 0.6 is 11.6 Å². The molecule has 2 aromatic rings. The molecule has 0 aromatic heterocycles. The molecule has 2 N–H and O–H groups in total. The monoisotopic (exact) mass is 563 g/mol. The van der Waals surface area contributed by atoms with Crippen LogP contribution in [-0.4, -0.2) is 60.6 Å². The van der Waals surface area contributed by atoms with Crippen LogP contribution in [0.15, 0.2) is 56.0 Å². The molecule has 0 bridgehead atoms. The van der Waals surface area contributed by atoms with Crippen molar-refractivity contribution in [2.75, 3.05) is 17.8 Å². The van der Waals surface area contributed by atoms with Gasteiger partial charge >= 0.3 is 6.18 Å². The number of carbonyl (C=O) groups excluding carboxylic acids is 1. The third-order valence-electron chi connectivity index (χ3n) is 4.53. The lowest BCUT2D eigenvalue weighted by molar-refractivity contribution is -0.242. The van der Waals surface area contributed by atoms with Crippen LogP contribution in [0.4, 0.5) is 18.9 Å². The van der Waals surface area contributed by atoms with Crippen molar-refractivity contribution in [3.05, 3.63) is 41.4 Å². The number of benzene rings is 2. The Morgan fingerprint density at radius 2 is 1.35 bits per heavy atom. The average molecular weight is 564 g/mol. The van der Waals surface area contributed by atoms with Gasteiger partial charge in [-0.05, 0) is 43.3 Å². The van der Waals surface area contributed by atoms with Crippen LogP contribution in [0.1, 0.15) is 6.92 Å². The standard InChI is InChI=1S/C18H17ClF3NO8S3/c1-17(25,18(20,21)22)16(24)23-12-8-9-13(15(14(12)19)33(3,28)29)34(30,31)11-6-4-10(5-7-11)32(2,26)27/h4-9,25H,1-3H3,(H,23,24). The molecule has 34 heavy (non-hydrogen) atoms. The Balaban J connectivity index is 2.68. The molecule has 0 aliphatic rings. The molecule has 0 fully saturated rings. The van der Waals surface area contributed by atoms with Crippen LogP contribution < -0.4 is 5.32 Å². The van der Waals surface area contributed by atoms with Crippen molar-refractivity contribution in [3.8, 4) is 0 Å². The van der Waals surface area contributed by atoms with E-state index in [2.05, 4.69) is 0 Å². The fourth-order valence-corrected chi connectivity index (χ4v) is 6.87. The zero-order chi connectivity index (χ0) is 26.5. The molecule has 0 saturated heterocycles. The maximum Gasteiger partial charge on any atom is 0.426 e. The molecular formula is C18H17ClF3NO8S3. The van der Waals surface area contributed by atoms with E-state index in [0.29, 0.717) is 12.3 Å². The number of carbonyl (C=O) groups is 1. The van der Waals surface area contributed by atoms with E-state index in [1.807, 2.05) is 0 Å². The first kappa shape index (κ1) is 28.0. The first-order valence-electron chi connectivity index (χ1n) is 8.80. The van der Waals surface area contributed by atoms with Crippen LogP contribution in [0.5, 0.6) is 0 Å². The summed E-state index contributed by atoms with van der Waals surface area (Å²) in [6.45, 7) is 0.159. The van der Waals surface area contributed by atoms with Crippen molar-refractivity contribution < 1.29 is 48.3 Å². The number of hydrogen-bond acceptors (Lipinski definition) is 8. The third kappa shape index (κ3) is 5.38. The number of amides is 1. The van der Waals surface area contributed by atoms with Gasteiger partial charge in [-0.1, -0.05) is 11.6 Å². The molecule has 1 atom stereocenters. The lowest BCUT2D eigenvalue weighted by atomic mass is 10.1. The molecule has 1 amide bonds. The Hall–Kier alpha value is -2.20. The second kappa shape index (κ2) is 8.78.